The minimum absolute atomic E-state index is 0.149. The minimum atomic E-state index is -0.994. The van der Waals surface area contributed by atoms with Crippen LogP contribution < -0.4 is 10.2 Å². The number of rotatable bonds is 5. The Labute approximate surface area is 159 Å². The van der Waals surface area contributed by atoms with Crippen LogP contribution in [-0.4, -0.2) is 18.4 Å². The topological polar surface area (TPSA) is 49.4 Å². The van der Waals surface area contributed by atoms with Gasteiger partial charge in [0.2, 0.25) is 11.8 Å². The highest BCUT2D eigenvalue weighted by molar-refractivity contribution is 6.34. The number of amides is 2. The van der Waals surface area contributed by atoms with Crippen LogP contribution in [0.2, 0.25) is 5.02 Å². The molecule has 1 saturated carbocycles. The maximum atomic E-state index is 13.1. The molecule has 0 saturated heterocycles. The van der Waals surface area contributed by atoms with Gasteiger partial charge < -0.3 is 10.2 Å². The van der Waals surface area contributed by atoms with Crippen molar-refractivity contribution >= 4 is 34.8 Å². The number of hydrogen-bond acceptors (Lipinski definition) is 2. The van der Waals surface area contributed by atoms with Gasteiger partial charge in [-0.15, -0.1) is 0 Å². The predicted molar refractivity (Wildman–Crippen MR) is 106 cm³/mol. The number of carbonyl (C=O) groups excluding carboxylic acids is 2. The SMILES string of the molecule is CCN(C(=O)C1(C(=O)Nc2c(C)cc(C)cc2Cl)CC1)c1ccccc1. The molecule has 0 aliphatic heterocycles. The summed E-state index contributed by atoms with van der Waals surface area (Å²) in [6.45, 7) is 6.29. The van der Waals surface area contributed by atoms with E-state index in [1.807, 2.05) is 63.2 Å². The number of para-hydroxylation sites is 1. The summed E-state index contributed by atoms with van der Waals surface area (Å²) in [5.74, 6) is -0.421. The maximum absolute atomic E-state index is 13.1. The van der Waals surface area contributed by atoms with Crippen molar-refractivity contribution in [2.24, 2.45) is 5.41 Å². The zero-order chi connectivity index (χ0) is 18.9. The fraction of sp³-hybridized carbons (Fsp3) is 0.333. The number of anilines is 2. The molecule has 0 aromatic heterocycles. The fourth-order valence-electron chi connectivity index (χ4n) is 3.28. The van der Waals surface area contributed by atoms with E-state index in [0.29, 0.717) is 30.1 Å². The molecule has 0 atom stereocenters. The number of benzene rings is 2. The highest BCUT2D eigenvalue weighted by Gasteiger charge is 2.58. The van der Waals surface area contributed by atoms with Crippen LogP contribution in [0.15, 0.2) is 42.5 Å². The second-order valence-electron chi connectivity index (χ2n) is 6.86. The molecule has 26 heavy (non-hydrogen) atoms. The molecule has 3 rings (SSSR count). The molecule has 4 nitrogen and oxygen atoms in total. The second-order valence-corrected chi connectivity index (χ2v) is 7.27. The lowest BCUT2D eigenvalue weighted by Gasteiger charge is -2.26. The molecular weight excluding hydrogens is 348 g/mol. The summed E-state index contributed by atoms with van der Waals surface area (Å²) in [4.78, 5) is 27.8. The molecule has 136 valence electrons. The van der Waals surface area contributed by atoms with Crippen molar-refractivity contribution in [2.75, 3.05) is 16.8 Å². The predicted octanol–water partition coefficient (Wildman–Crippen LogP) is 4.73. The van der Waals surface area contributed by atoms with E-state index in [-0.39, 0.29) is 11.8 Å². The van der Waals surface area contributed by atoms with Gasteiger partial charge in [-0.2, -0.15) is 0 Å². The van der Waals surface area contributed by atoms with Crippen molar-refractivity contribution in [1.29, 1.82) is 0 Å². The first kappa shape index (κ1) is 18.5. The van der Waals surface area contributed by atoms with Crippen LogP contribution >= 0.6 is 11.6 Å². The molecule has 1 aliphatic carbocycles. The summed E-state index contributed by atoms with van der Waals surface area (Å²) in [6.07, 6.45) is 1.12. The van der Waals surface area contributed by atoms with Gasteiger partial charge in [0.25, 0.3) is 0 Å². The minimum Gasteiger partial charge on any atom is -0.324 e. The molecule has 0 unspecified atom stereocenters. The standard InChI is InChI=1S/C21H23ClN2O2/c1-4-24(16-8-6-5-7-9-16)20(26)21(10-11-21)19(25)23-18-15(3)12-14(2)13-17(18)22/h5-9,12-13H,4,10-11H2,1-3H3,(H,23,25). The summed E-state index contributed by atoms with van der Waals surface area (Å²) in [5, 5.41) is 3.40. The third kappa shape index (κ3) is 3.34. The molecular formula is C21H23ClN2O2. The average Bonchev–Trinajstić information content (AvgIpc) is 3.41. The normalized spacial score (nSPS) is 14.6. The van der Waals surface area contributed by atoms with Crippen LogP contribution in [0.3, 0.4) is 0 Å². The van der Waals surface area contributed by atoms with E-state index in [2.05, 4.69) is 5.32 Å². The quantitative estimate of drug-likeness (QED) is 0.773. The summed E-state index contributed by atoms with van der Waals surface area (Å²) >= 11 is 6.30. The van der Waals surface area contributed by atoms with Gasteiger partial charge in [-0.25, -0.2) is 0 Å². The van der Waals surface area contributed by atoms with Crippen LogP contribution in [0.4, 0.5) is 11.4 Å². The van der Waals surface area contributed by atoms with Gasteiger partial charge in [-0.3, -0.25) is 9.59 Å². The molecule has 0 spiro atoms. The molecule has 2 aromatic carbocycles. The van der Waals surface area contributed by atoms with Crippen molar-refractivity contribution in [2.45, 2.75) is 33.6 Å². The summed E-state index contributed by atoms with van der Waals surface area (Å²) < 4.78 is 0. The second kappa shape index (κ2) is 7.12. The van der Waals surface area contributed by atoms with Crippen molar-refractivity contribution in [3.8, 4) is 0 Å². The molecule has 1 fully saturated rings. The first-order valence-electron chi connectivity index (χ1n) is 8.84. The number of carbonyl (C=O) groups is 2. The van der Waals surface area contributed by atoms with Gasteiger partial charge in [0, 0.05) is 12.2 Å². The van der Waals surface area contributed by atoms with Gasteiger partial charge in [-0.05, 0) is 62.9 Å². The van der Waals surface area contributed by atoms with E-state index >= 15 is 0 Å². The number of halogens is 1. The van der Waals surface area contributed by atoms with E-state index < -0.39 is 5.41 Å². The highest BCUT2D eigenvalue weighted by Crippen LogP contribution is 2.49. The monoisotopic (exact) mass is 370 g/mol. The van der Waals surface area contributed by atoms with E-state index in [0.717, 1.165) is 16.8 Å². The zero-order valence-electron chi connectivity index (χ0n) is 15.3. The summed E-state index contributed by atoms with van der Waals surface area (Å²) in [6, 6.07) is 13.2. The lowest BCUT2D eigenvalue weighted by Crippen LogP contribution is -2.43. The molecule has 0 radical (unpaired) electrons. The fourth-order valence-corrected chi connectivity index (χ4v) is 3.65. The van der Waals surface area contributed by atoms with Crippen molar-refractivity contribution in [3.63, 3.8) is 0 Å². The smallest absolute Gasteiger partial charge is 0.242 e. The third-order valence-electron chi connectivity index (χ3n) is 4.89. The highest BCUT2D eigenvalue weighted by atomic mass is 35.5. The first-order valence-corrected chi connectivity index (χ1v) is 9.22. The third-order valence-corrected chi connectivity index (χ3v) is 5.19. The maximum Gasteiger partial charge on any atom is 0.242 e. The molecule has 2 aromatic rings. The molecule has 1 aliphatic rings. The van der Waals surface area contributed by atoms with Gasteiger partial charge in [0.1, 0.15) is 5.41 Å². The van der Waals surface area contributed by atoms with Gasteiger partial charge in [-0.1, -0.05) is 35.9 Å². The number of hydrogen-bond donors (Lipinski definition) is 1. The Kier molecular flexibility index (Phi) is 5.05. The number of nitrogens with zero attached hydrogens (tertiary/aromatic N) is 1. The molecule has 0 heterocycles. The van der Waals surface area contributed by atoms with Crippen molar-refractivity contribution in [1.82, 2.24) is 0 Å². The Morgan fingerprint density at radius 3 is 2.35 bits per heavy atom. The van der Waals surface area contributed by atoms with Crippen LogP contribution in [0.25, 0.3) is 0 Å². The summed E-state index contributed by atoms with van der Waals surface area (Å²) in [7, 11) is 0. The van der Waals surface area contributed by atoms with E-state index in [4.69, 9.17) is 11.6 Å². The van der Waals surface area contributed by atoms with Gasteiger partial charge in [0.05, 0.1) is 10.7 Å². The number of aryl methyl sites for hydroxylation is 2. The zero-order valence-corrected chi connectivity index (χ0v) is 16.1. The first-order chi connectivity index (χ1) is 12.4. The average molecular weight is 371 g/mol. The van der Waals surface area contributed by atoms with Crippen molar-refractivity contribution in [3.05, 3.63) is 58.6 Å². The largest absolute Gasteiger partial charge is 0.324 e. The van der Waals surface area contributed by atoms with Crippen LogP contribution in [-0.2, 0) is 9.59 Å². The Balaban J connectivity index is 1.84. The van der Waals surface area contributed by atoms with E-state index in [9.17, 15) is 9.59 Å². The molecule has 0 bridgehead atoms. The molecule has 5 heteroatoms. The Hall–Kier alpha value is -2.33. The summed E-state index contributed by atoms with van der Waals surface area (Å²) in [5.41, 5.74) is 2.32. The van der Waals surface area contributed by atoms with Gasteiger partial charge in [0.15, 0.2) is 0 Å². The van der Waals surface area contributed by atoms with Crippen molar-refractivity contribution < 1.29 is 9.59 Å². The van der Waals surface area contributed by atoms with Crippen LogP contribution in [0.5, 0.6) is 0 Å². The van der Waals surface area contributed by atoms with E-state index in [1.165, 1.54) is 0 Å². The lowest BCUT2D eigenvalue weighted by molar-refractivity contribution is -0.132. The van der Waals surface area contributed by atoms with Gasteiger partial charge >= 0.3 is 0 Å². The van der Waals surface area contributed by atoms with Crippen LogP contribution in [0.1, 0.15) is 30.9 Å². The Morgan fingerprint density at radius 1 is 1.15 bits per heavy atom. The van der Waals surface area contributed by atoms with E-state index in [1.54, 1.807) is 4.90 Å². The number of nitrogens with one attached hydrogen (secondary N) is 1. The molecule has 2 amide bonds. The van der Waals surface area contributed by atoms with Crippen LogP contribution in [0, 0.1) is 19.3 Å². The Bertz CT molecular complexity index is 821. The lowest BCUT2D eigenvalue weighted by atomic mass is 10.0. The Morgan fingerprint density at radius 2 is 1.81 bits per heavy atom. The molecule has 1 N–H and O–H groups in total.